The van der Waals surface area contributed by atoms with Crippen molar-refractivity contribution in [2.45, 2.75) is 51.4 Å². The van der Waals surface area contributed by atoms with Crippen LogP contribution in [0, 0.1) is 0 Å². The van der Waals surface area contributed by atoms with Gasteiger partial charge in [-0.15, -0.1) is 0 Å². The average molecular weight is 650 g/mol. The Morgan fingerprint density at radius 3 is 1.20 bits per heavy atom. The number of unbranched alkanes of at least 4 members (excludes halogenated alkanes) is 7. The average Bonchev–Trinajstić information content (AvgIpc) is 3.03. The Labute approximate surface area is 269 Å². The van der Waals surface area contributed by atoms with E-state index in [0.29, 0.717) is 84.7 Å². The number of nitrogen functional groups attached to an aromatic ring is 1. The third-order valence-corrected chi connectivity index (χ3v) is 5.37. The van der Waals surface area contributed by atoms with Gasteiger partial charge < -0.3 is 68.9 Å². The summed E-state index contributed by atoms with van der Waals surface area (Å²) in [6.07, 6.45) is 9.46. The van der Waals surface area contributed by atoms with Crippen LogP contribution in [-0.2, 0) is 18.9 Å². The van der Waals surface area contributed by atoms with Crippen molar-refractivity contribution in [3.8, 4) is 0 Å². The fourth-order valence-electron chi connectivity index (χ4n) is 3.10. The largest absolute Gasteiger partial charge is 0.478 e. The van der Waals surface area contributed by atoms with E-state index in [-0.39, 0.29) is 5.56 Å². The zero-order valence-corrected chi connectivity index (χ0v) is 27.2. The van der Waals surface area contributed by atoms with E-state index in [1.165, 1.54) is 63.5 Å². The Bertz CT molecular complexity index is 717. The normalized spacial score (nSPS) is 9.98. The molecule has 0 radical (unpaired) electrons. The van der Waals surface area contributed by atoms with Crippen LogP contribution in [0.3, 0.4) is 0 Å². The summed E-state index contributed by atoms with van der Waals surface area (Å²) in [6.45, 7) is 7.90. The number of hydrogen-bond acceptors (Lipinski definition) is 12. The minimum atomic E-state index is -1.04. The molecule has 15 nitrogen and oxygen atoms in total. The molecule has 1 aromatic carbocycles. The maximum absolute atomic E-state index is 10.3. The molecule has 0 atom stereocenters. The molecule has 0 fully saturated rings. The lowest BCUT2D eigenvalue weighted by Gasteiger charge is -2.04. The fraction of sp³-hybridized carbons (Fsp3) is 0.733. The minimum Gasteiger partial charge on any atom is -0.478 e. The topological polar surface area (TPSA) is 280 Å². The number of ether oxygens (including phenoxy) is 4. The van der Waals surface area contributed by atoms with Crippen molar-refractivity contribution < 1.29 is 38.7 Å². The predicted octanol–water partition coefficient (Wildman–Crippen LogP) is 1.17. The van der Waals surface area contributed by atoms with Crippen molar-refractivity contribution in [1.82, 2.24) is 5.32 Å². The molecule has 1 aromatic rings. The fourth-order valence-corrected chi connectivity index (χ4v) is 3.10. The maximum atomic E-state index is 10.3. The molecular weight excluding hydrogens is 586 g/mol. The molecule has 0 aromatic heterocycles. The van der Waals surface area contributed by atoms with E-state index in [4.69, 9.17) is 63.6 Å². The second-order valence-corrected chi connectivity index (χ2v) is 9.38. The zero-order valence-electron chi connectivity index (χ0n) is 27.2. The summed E-state index contributed by atoms with van der Waals surface area (Å²) in [7, 11) is 0. The lowest BCUT2D eigenvalue weighted by Crippen LogP contribution is -2.25. The van der Waals surface area contributed by atoms with Crippen molar-refractivity contribution >= 4 is 17.7 Å². The first kappa shape index (κ1) is 46.8. The molecule has 15 heteroatoms. The summed E-state index contributed by atoms with van der Waals surface area (Å²) in [5.41, 5.74) is 32.5. The summed E-state index contributed by atoms with van der Waals surface area (Å²) in [5, 5.41) is 18.8. The molecule has 0 heterocycles. The number of aromatic carboxylic acids is 1. The van der Waals surface area contributed by atoms with E-state index >= 15 is 0 Å². The summed E-state index contributed by atoms with van der Waals surface area (Å²) in [5.74, 6) is -0.931. The van der Waals surface area contributed by atoms with Gasteiger partial charge in [-0.3, -0.25) is 0 Å². The standard InChI is InChI=1S/C10H24N2.C7H16N2O4.C7H7NO2.C6H16N2O2/c11-9-7-5-3-1-2-4-6-8-10-12;8-1-3-12-5-6-13-4-2-9-7(10)11;8-6-3-1-5(2-4-6)7(9)10;7-1-3-9-5-6-10-4-2-8/h1-12H2;9H,1-6,8H2,(H,10,11);1-4H,8H2,(H,9,10);1-8H2. The number of rotatable bonds is 25. The number of amides is 1. The Kier molecular flexibility index (Phi) is 43.1. The van der Waals surface area contributed by atoms with Gasteiger partial charge in [0, 0.05) is 31.9 Å². The van der Waals surface area contributed by atoms with Crippen molar-refractivity contribution in [1.29, 1.82) is 0 Å². The quantitative estimate of drug-likeness (QED) is 0.0531. The first-order valence-electron chi connectivity index (χ1n) is 15.7. The lowest BCUT2D eigenvalue weighted by atomic mass is 10.1. The zero-order chi connectivity index (χ0) is 34.2. The number of anilines is 1. The Balaban J connectivity index is -0.000000525. The van der Waals surface area contributed by atoms with Crippen LogP contribution in [0.15, 0.2) is 24.3 Å². The molecular formula is C30H63N7O8. The molecule has 0 bridgehead atoms. The van der Waals surface area contributed by atoms with Crippen LogP contribution in [0.1, 0.15) is 61.7 Å². The van der Waals surface area contributed by atoms with Crippen LogP contribution < -0.4 is 39.7 Å². The molecule has 0 aliphatic carbocycles. The Morgan fingerprint density at radius 1 is 0.533 bits per heavy atom. The van der Waals surface area contributed by atoms with Gasteiger partial charge in [-0.2, -0.15) is 0 Å². The van der Waals surface area contributed by atoms with Crippen LogP contribution in [0.25, 0.3) is 0 Å². The predicted molar refractivity (Wildman–Crippen MR) is 179 cm³/mol. The molecule has 266 valence electrons. The first-order chi connectivity index (χ1) is 21.8. The van der Waals surface area contributed by atoms with E-state index < -0.39 is 12.1 Å². The van der Waals surface area contributed by atoms with Crippen LogP contribution in [0.4, 0.5) is 10.5 Å². The number of nitrogens with two attached hydrogens (primary N) is 6. The summed E-state index contributed by atoms with van der Waals surface area (Å²) in [4.78, 5) is 20.2. The van der Waals surface area contributed by atoms with Crippen LogP contribution in [-0.4, -0.2) is 114 Å². The third-order valence-electron chi connectivity index (χ3n) is 5.37. The van der Waals surface area contributed by atoms with E-state index in [1.54, 1.807) is 12.1 Å². The number of benzene rings is 1. The summed E-state index contributed by atoms with van der Waals surface area (Å²) < 4.78 is 20.1. The maximum Gasteiger partial charge on any atom is 0.404 e. The van der Waals surface area contributed by atoms with Crippen LogP contribution in [0.2, 0.25) is 0 Å². The number of nitrogens with one attached hydrogen (secondary N) is 1. The number of carboxylic acid groups (broad SMARTS) is 2. The molecule has 0 unspecified atom stereocenters. The van der Waals surface area contributed by atoms with E-state index in [0.717, 1.165) is 13.1 Å². The van der Waals surface area contributed by atoms with Crippen molar-refractivity contribution in [3.63, 3.8) is 0 Å². The number of carboxylic acids is 1. The molecule has 0 spiro atoms. The van der Waals surface area contributed by atoms with Gasteiger partial charge in [-0.1, -0.05) is 38.5 Å². The van der Waals surface area contributed by atoms with E-state index in [9.17, 15) is 9.59 Å². The monoisotopic (exact) mass is 649 g/mol. The van der Waals surface area contributed by atoms with Crippen molar-refractivity contribution in [2.75, 3.05) is 97.9 Å². The van der Waals surface area contributed by atoms with Gasteiger partial charge >= 0.3 is 12.1 Å². The first-order valence-corrected chi connectivity index (χ1v) is 15.7. The smallest absolute Gasteiger partial charge is 0.404 e. The van der Waals surface area contributed by atoms with Gasteiger partial charge in [0.15, 0.2) is 0 Å². The molecule has 0 aliphatic rings. The molecule has 0 saturated carbocycles. The van der Waals surface area contributed by atoms with Crippen LogP contribution in [0.5, 0.6) is 0 Å². The van der Waals surface area contributed by atoms with Gasteiger partial charge in [0.25, 0.3) is 0 Å². The molecule has 15 N–H and O–H groups in total. The molecule has 0 saturated heterocycles. The third kappa shape index (κ3) is 45.9. The second-order valence-electron chi connectivity index (χ2n) is 9.38. The van der Waals surface area contributed by atoms with Gasteiger partial charge in [0.1, 0.15) is 0 Å². The van der Waals surface area contributed by atoms with Crippen molar-refractivity contribution in [3.05, 3.63) is 29.8 Å². The van der Waals surface area contributed by atoms with Gasteiger partial charge in [-0.25, -0.2) is 9.59 Å². The number of hydrogen-bond donors (Lipinski definition) is 9. The molecule has 0 aliphatic heterocycles. The SMILES string of the molecule is NCCCCCCCCCCN.NCCOCCOCCN.NCCOCCOCCNC(=O)O.Nc1ccc(C(=O)O)cc1. The minimum absolute atomic E-state index is 0.259. The lowest BCUT2D eigenvalue weighted by molar-refractivity contribution is 0.0519. The van der Waals surface area contributed by atoms with Gasteiger partial charge in [0.05, 0.1) is 58.4 Å². The highest BCUT2D eigenvalue weighted by Crippen LogP contribution is 2.07. The highest BCUT2D eigenvalue weighted by atomic mass is 16.5. The molecule has 1 amide bonds. The van der Waals surface area contributed by atoms with Crippen molar-refractivity contribution in [2.24, 2.45) is 28.7 Å². The molecule has 45 heavy (non-hydrogen) atoms. The van der Waals surface area contributed by atoms with Crippen LogP contribution >= 0.6 is 0 Å². The Hall–Kier alpha value is -2.60. The Morgan fingerprint density at radius 2 is 0.889 bits per heavy atom. The van der Waals surface area contributed by atoms with E-state index in [2.05, 4.69) is 5.32 Å². The number of carbonyl (C=O) groups is 2. The highest BCUT2D eigenvalue weighted by molar-refractivity contribution is 5.87. The second kappa shape index (κ2) is 41.4. The summed E-state index contributed by atoms with van der Waals surface area (Å²) in [6, 6.07) is 6.06. The summed E-state index contributed by atoms with van der Waals surface area (Å²) >= 11 is 0. The van der Waals surface area contributed by atoms with Gasteiger partial charge in [-0.05, 0) is 50.2 Å². The van der Waals surface area contributed by atoms with Gasteiger partial charge in [0.2, 0.25) is 0 Å². The highest BCUT2D eigenvalue weighted by Gasteiger charge is 1.99. The molecule has 1 rings (SSSR count). The van der Waals surface area contributed by atoms with E-state index in [1.807, 2.05) is 0 Å².